The largest absolute Gasteiger partial charge is 0.373 e. The van der Waals surface area contributed by atoms with Gasteiger partial charge in [-0.1, -0.05) is 25.7 Å². The van der Waals surface area contributed by atoms with Crippen molar-refractivity contribution in [3.05, 3.63) is 0 Å². The number of rotatable bonds is 4. The quantitative estimate of drug-likeness (QED) is 0.868. The molecule has 126 valence electrons. The van der Waals surface area contributed by atoms with E-state index in [9.17, 15) is 4.79 Å². The first kappa shape index (κ1) is 16.3. The van der Waals surface area contributed by atoms with Gasteiger partial charge in [-0.2, -0.15) is 0 Å². The zero-order valence-corrected chi connectivity index (χ0v) is 14.1. The molecule has 2 saturated carbocycles. The van der Waals surface area contributed by atoms with E-state index in [1.165, 1.54) is 51.4 Å². The third-order valence-corrected chi connectivity index (χ3v) is 5.76. The molecule has 3 rings (SSSR count). The lowest BCUT2D eigenvalue weighted by atomic mass is 9.90. The summed E-state index contributed by atoms with van der Waals surface area (Å²) in [6.45, 7) is 3.50. The Morgan fingerprint density at radius 2 is 1.59 bits per heavy atom. The summed E-state index contributed by atoms with van der Waals surface area (Å²) >= 11 is 0. The molecule has 4 heteroatoms. The van der Waals surface area contributed by atoms with Crippen LogP contribution in [0.15, 0.2) is 0 Å². The number of ether oxygens (including phenoxy) is 1. The van der Waals surface area contributed by atoms with Crippen LogP contribution in [0.25, 0.3) is 0 Å². The molecule has 3 aliphatic rings. The average Bonchev–Trinajstić information content (AvgIpc) is 3.03. The molecule has 0 aromatic heterocycles. The van der Waals surface area contributed by atoms with Gasteiger partial charge in [-0.25, -0.2) is 0 Å². The number of nitrogens with one attached hydrogen (secondary N) is 1. The minimum Gasteiger partial charge on any atom is -0.373 e. The molecule has 0 aromatic carbocycles. The highest BCUT2D eigenvalue weighted by atomic mass is 16.5. The number of hydrogen-bond donors (Lipinski definition) is 1. The summed E-state index contributed by atoms with van der Waals surface area (Å²) in [5, 5.41) is 3.88. The molecular formula is C18H32N2O2. The Labute approximate surface area is 135 Å². The fraction of sp³-hybridized carbons (Fsp3) is 0.944. The van der Waals surface area contributed by atoms with Crippen molar-refractivity contribution in [1.29, 1.82) is 0 Å². The van der Waals surface area contributed by atoms with Crippen molar-refractivity contribution in [2.45, 2.75) is 95.4 Å². The van der Waals surface area contributed by atoms with Crippen LogP contribution in [0.3, 0.4) is 0 Å². The van der Waals surface area contributed by atoms with Crippen LogP contribution in [-0.4, -0.2) is 48.2 Å². The van der Waals surface area contributed by atoms with Gasteiger partial charge in [0.05, 0.1) is 12.2 Å². The van der Waals surface area contributed by atoms with E-state index < -0.39 is 0 Å². The van der Waals surface area contributed by atoms with E-state index in [4.69, 9.17) is 4.74 Å². The molecule has 1 saturated heterocycles. The van der Waals surface area contributed by atoms with Gasteiger partial charge >= 0.3 is 0 Å². The first-order valence-electron chi connectivity index (χ1n) is 9.39. The van der Waals surface area contributed by atoms with Crippen LogP contribution in [0.2, 0.25) is 0 Å². The maximum atomic E-state index is 11.4. The Morgan fingerprint density at radius 3 is 2.27 bits per heavy atom. The van der Waals surface area contributed by atoms with E-state index in [1.54, 1.807) is 6.92 Å². The normalized spacial score (nSPS) is 31.6. The molecule has 1 amide bonds. The van der Waals surface area contributed by atoms with Gasteiger partial charge in [0, 0.05) is 32.1 Å². The Balaban J connectivity index is 1.47. The standard InChI is InChI=1S/C18H32N2O2/c1-14(21)20-12-10-15(11-13-20)19-17-8-4-5-9-18(17)22-16-6-2-3-7-16/h15-19H,2-13H2,1H3/t17-,18+/m0/s1. The van der Waals surface area contributed by atoms with Crippen LogP contribution in [0, 0.1) is 0 Å². The van der Waals surface area contributed by atoms with E-state index in [1.807, 2.05) is 4.90 Å². The second kappa shape index (κ2) is 7.78. The van der Waals surface area contributed by atoms with Gasteiger partial charge in [0.25, 0.3) is 0 Å². The van der Waals surface area contributed by atoms with Crippen molar-refractivity contribution in [1.82, 2.24) is 10.2 Å². The van der Waals surface area contributed by atoms with Crippen molar-refractivity contribution in [2.75, 3.05) is 13.1 Å². The maximum absolute atomic E-state index is 11.4. The SMILES string of the molecule is CC(=O)N1CCC(N[C@H]2CCCC[C@H]2OC2CCCC2)CC1. The molecule has 3 fully saturated rings. The molecule has 0 bridgehead atoms. The zero-order chi connectivity index (χ0) is 15.4. The number of nitrogens with zero attached hydrogens (tertiary/aromatic N) is 1. The lowest BCUT2D eigenvalue weighted by Crippen LogP contribution is -2.52. The van der Waals surface area contributed by atoms with Crippen LogP contribution >= 0.6 is 0 Å². The summed E-state index contributed by atoms with van der Waals surface area (Å²) in [5.74, 6) is 0.221. The number of carbonyl (C=O) groups excluding carboxylic acids is 1. The number of piperidine rings is 1. The van der Waals surface area contributed by atoms with E-state index in [-0.39, 0.29) is 5.91 Å². The molecular weight excluding hydrogens is 276 g/mol. The molecule has 0 spiro atoms. The number of carbonyl (C=O) groups is 1. The van der Waals surface area contributed by atoms with Crippen LogP contribution in [0.4, 0.5) is 0 Å². The predicted molar refractivity (Wildman–Crippen MR) is 87.8 cm³/mol. The molecule has 1 heterocycles. The highest BCUT2D eigenvalue weighted by Gasteiger charge is 2.31. The van der Waals surface area contributed by atoms with Crippen molar-refractivity contribution in [3.63, 3.8) is 0 Å². The van der Waals surface area contributed by atoms with Gasteiger partial charge in [0.15, 0.2) is 0 Å². The average molecular weight is 308 g/mol. The summed E-state index contributed by atoms with van der Waals surface area (Å²) in [4.78, 5) is 13.4. The van der Waals surface area contributed by atoms with E-state index in [0.717, 1.165) is 25.9 Å². The molecule has 0 unspecified atom stereocenters. The number of hydrogen-bond acceptors (Lipinski definition) is 3. The molecule has 2 aliphatic carbocycles. The van der Waals surface area contributed by atoms with Gasteiger partial charge in [-0.05, 0) is 38.5 Å². The summed E-state index contributed by atoms with van der Waals surface area (Å²) in [6.07, 6.45) is 13.5. The summed E-state index contributed by atoms with van der Waals surface area (Å²) in [5.41, 5.74) is 0. The van der Waals surface area contributed by atoms with Gasteiger partial charge in [0.2, 0.25) is 5.91 Å². The monoisotopic (exact) mass is 308 g/mol. The van der Waals surface area contributed by atoms with Crippen molar-refractivity contribution >= 4 is 5.91 Å². The van der Waals surface area contributed by atoms with Gasteiger partial charge < -0.3 is 15.0 Å². The second-order valence-electron chi connectivity index (χ2n) is 7.42. The lowest BCUT2D eigenvalue weighted by Gasteiger charge is -2.39. The summed E-state index contributed by atoms with van der Waals surface area (Å²) < 4.78 is 6.44. The fourth-order valence-corrected chi connectivity index (χ4v) is 4.39. The Kier molecular flexibility index (Phi) is 5.75. The molecule has 4 nitrogen and oxygen atoms in total. The Bertz CT molecular complexity index is 360. The lowest BCUT2D eigenvalue weighted by molar-refractivity contribution is -0.130. The maximum Gasteiger partial charge on any atom is 0.219 e. The summed E-state index contributed by atoms with van der Waals surface area (Å²) in [6, 6.07) is 1.09. The van der Waals surface area contributed by atoms with Crippen molar-refractivity contribution < 1.29 is 9.53 Å². The Hall–Kier alpha value is -0.610. The van der Waals surface area contributed by atoms with Crippen LogP contribution in [0.1, 0.15) is 71.1 Å². The molecule has 0 radical (unpaired) electrons. The van der Waals surface area contributed by atoms with Crippen LogP contribution in [0.5, 0.6) is 0 Å². The third kappa shape index (κ3) is 4.23. The van der Waals surface area contributed by atoms with Gasteiger partial charge in [-0.15, -0.1) is 0 Å². The highest BCUT2D eigenvalue weighted by Crippen LogP contribution is 2.29. The minimum absolute atomic E-state index is 0.221. The van der Waals surface area contributed by atoms with Gasteiger partial charge in [-0.3, -0.25) is 4.79 Å². The molecule has 0 aromatic rings. The minimum atomic E-state index is 0.221. The van der Waals surface area contributed by atoms with Crippen LogP contribution < -0.4 is 5.32 Å². The molecule has 1 N–H and O–H groups in total. The smallest absolute Gasteiger partial charge is 0.219 e. The summed E-state index contributed by atoms with van der Waals surface area (Å²) in [7, 11) is 0. The van der Waals surface area contributed by atoms with Crippen molar-refractivity contribution in [3.8, 4) is 0 Å². The Morgan fingerprint density at radius 1 is 0.955 bits per heavy atom. The topological polar surface area (TPSA) is 41.6 Å². The first-order valence-corrected chi connectivity index (χ1v) is 9.39. The molecule has 1 aliphatic heterocycles. The third-order valence-electron chi connectivity index (χ3n) is 5.76. The molecule has 22 heavy (non-hydrogen) atoms. The van der Waals surface area contributed by atoms with Crippen molar-refractivity contribution in [2.24, 2.45) is 0 Å². The zero-order valence-electron chi connectivity index (χ0n) is 14.1. The number of amides is 1. The van der Waals surface area contributed by atoms with E-state index in [2.05, 4.69) is 5.32 Å². The van der Waals surface area contributed by atoms with Crippen LogP contribution in [-0.2, 0) is 9.53 Å². The van der Waals surface area contributed by atoms with E-state index in [0.29, 0.717) is 24.3 Å². The predicted octanol–water partition coefficient (Wildman–Crippen LogP) is 2.86. The fourth-order valence-electron chi connectivity index (χ4n) is 4.39. The number of likely N-dealkylation sites (tertiary alicyclic amines) is 1. The highest BCUT2D eigenvalue weighted by molar-refractivity contribution is 5.73. The second-order valence-corrected chi connectivity index (χ2v) is 7.42. The van der Waals surface area contributed by atoms with Gasteiger partial charge in [0.1, 0.15) is 0 Å². The first-order chi connectivity index (χ1) is 10.7. The molecule has 2 atom stereocenters. The van der Waals surface area contributed by atoms with E-state index >= 15 is 0 Å².